The van der Waals surface area contributed by atoms with Crippen LogP contribution in [0.1, 0.15) is 17.1 Å². The largest absolute Gasteiger partial charge is 0.463 e. The first-order chi connectivity index (χ1) is 10.2. The molecule has 0 saturated heterocycles. The lowest BCUT2D eigenvalue weighted by atomic mass is 10.1. The van der Waals surface area contributed by atoms with E-state index in [0.717, 1.165) is 11.3 Å². The Morgan fingerprint density at radius 2 is 1.86 bits per heavy atom. The van der Waals surface area contributed by atoms with Crippen molar-refractivity contribution in [3.8, 4) is 6.07 Å². The van der Waals surface area contributed by atoms with Gasteiger partial charge in [-0.05, 0) is 29.8 Å². The maximum atomic E-state index is 12.1. The third kappa shape index (κ3) is 5.12. The zero-order chi connectivity index (χ0) is 15.1. The minimum Gasteiger partial charge on any atom is -0.463 e. The van der Waals surface area contributed by atoms with E-state index in [0.29, 0.717) is 36.2 Å². The Hall–Kier alpha value is -2.00. The van der Waals surface area contributed by atoms with Crippen molar-refractivity contribution in [1.82, 2.24) is 0 Å². The maximum Gasteiger partial charge on any atom is 0.284 e. The zero-order valence-corrected chi connectivity index (χ0v) is 12.0. The van der Waals surface area contributed by atoms with Crippen molar-refractivity contribution in [2.75, 3.05) is 5.32 Å². The molecule has 0 aliphatic heterocycles. The van der Waals surface area contributed by atoms with Gasteiger partial charge >= 0.3 is 0 Å². The number of hydrogen-bond donors (Lipinski definition) is 1. The molecule has 2 aromatic rings. The molecule has 0 radical (unpaired) electrons. The summed E-state index contributed by atoms with van der Waals surface area (Å²) in [5, 5.41) is 11.8. The molecule has 0 aliphatic rings. The Morgan fingerprint density at radius 3 is 2.52 bits per heavy atom. The smallest absolute Gasteiger partial charge is 0.284 e. The summed E-state index contributed by atoms with van der Waals surface area (Å²) >= 11 is 0.545. The van der Waals surface area contributed by atoms with Crippen LogP contribution in [0.2, 0.25) is 0 Å². The highest BCUT2D eigenvalue weighted by atomic mass is 32.2. The first-order valence-corrected chi connectivity index (χ1v) is 7.39. The fraction of sp³-hybridized carbons (Fsp3) is 0.267. The number of hydrogen-bond acceptors (Lipinski definition) is 4. The Bertz CT molecular complexity index is 605. The molecule has 0 saturated carbocycles. The number of nitrogens with one attached hydrogen (secondary N) is 1. The molecule has 0 atom stereocenters. The lowest BCUT2D eigenvalue weighted by Crippen LogP contribution is -1.98. The quantitative estimate of drug-likeness (QED) is 0.823. The van der Waals surface area contributed by atoms with Gasteiger partial charge in [-0.1, -0.05) is 23.9 Å². The first-order valence-electron chi connectivity index (χ1n) is 6.34. The molecule has 1 N–H and O–H groups in total. The highest BCUT2D eigenvalue weighted by Gasteiger charge is 2.07. The van der Waals surface area contributed by atoms with Crippen molar-refractivity contribution in [3.63, 3.8) is 0 Å². The van der Waals surface area contributed by atoms with Crippen LogP contribution in [-0.4, -0.2) is 5.76 Å². The SMILES string of the molecule is N#CCc1ccc(NCc2ccc(CSC(F)F)o2)cc1. The molecular weight excluding hydrogens is 294 g/mol. The number of thioether (sulfide) groups is 1. The van der Waals surface area contributed by atoms with Crippen LogP contribution < -0.4 is 5.32 Å². The van der Waals surface area contributed by atoms with Crippen molar-refractivity contribution in [3.05, 3.63) is 53.5 Å². The second kappa shape index (κ2) is 7.70. The monoisotopic (exact) mass is 308 g/mol. The first kappa shape index (κ1) is 15.4. The van der Waals surface area contributed by atoms with E-state index in [4.69, 9.17) is 9.68 Å². The third-order valence-corrected chi connectivity index (χ3v) is 3.48. The highest BCUT2D eigenvalue weighted by Crippen LogP contribution is 2.21. The summed E-state index contributed by atoms with van der Waals surface area (Å²) in [6, 6.07) is 13.1. The standard InChI is InChI=1S/C15H14F2N2OS/c16-15(17)21-10-14-6-5-13(20-14)9-19-12-3-1-11(2-4-12)7-8-18/h1-6,15,19H,7,9-10H2. The minimum atomic E-state index is -2.39. The summed E-state index contributed by atoms with van der Waals surface area (Å²) in [6.45, 7) is 0.483. The molecule has 3 nitrogen and oxygen atoms in total. The molecule has 0 spiro atoms. The molecule has 0 bridgehead atoms. The fourth-order valence-corrected chi connectivity index (χ4v) is 2.21. The lowest BCUT2D eigenvalue weighted by Gasteiger charge is -2.05. The highest BCUT2D eigenvalue weighted by molar-refractivity contribution is 7.98. The summed E-state index contributed by atoms with van der Waals surface area (Å²) in [7, 11) is 0. The minimum absolute atomic E-state index is 0.167. The van der Waals surface area contributed by atoms with E-state index in [9.17, 15) is 8.78 Å². The molecule has 0 fully saturated rings. The lowest BCUT2D eigenvalue weighted by molar-refractivity contribution is 0.251. The van der Waals surface area contributed by atoms with Crippen LogP contribution in [0.3, 0.4) is 0 Å². The molecular formula is C15H14F2N2OS. The van der Waals surface area contributed by atoms with Gasteiger partial charge in [-0.3, -0.25) is 0 Å². The van der Waals surface area contributed by atoms with Gasteiger partial charge in [0.2, 0.25) is 0 Å². The Morgan fingerprint density at radius 1 is 1.14 bits per heavy atom. The second-order valence-electron chi connectivity index (χ2n) is 4.33. The van der Waals surface area contributed by atoms with Gasteiger partial charge in [-0.25, -0.2) is 0 Å². The summed E-state index contributed by atoms with van der Waals surface area (Å²) in [5.74, 6) is -0.980. The molecule has 1 aromatic carbocycles. The van der Waals surface area contributed by atoms with Crippen LogP contribution in [0.4, 0.5) is 14.5 Å². The van der Waals surface area contributed by atoms with E-state index in [1.54, 1.807) is 12.1 Å². The molecule has 110 valence electrons. The summed E-state index contributed by atoms with van der Waals surface area (Å²) in [4.78, 5) is 0. The van der Waals surface area contributed by atoms with Crippen LogP contribution in [0.5, 0.6) is 0 Å². The Labute approximate surface area is 126 Å². The number of alkyl halides is 2. The topological polar surface area (TPSA) is 49.0 Å². The van der Waals surface area contributed by atoms with Gasteiger partial charge < -0.3 is 9.73 Å². The van der Waals surface area contributed by atoms with Crippen molar-refractivity contribution in [1.29, 1.82) is 5.26 Å². The number of halogens is 2. The second-order valence-corrected chi connectivity index (χ2v) is 5.30. The normalized spacial score (nSPS) is 10.6. The number of furan rings is 1. The maximum absolute atomic E-state index is 12.1. The van der Waals surface area contributed by atoms with Crippen LogP contribution in [0.25, 0.3) is 0 Å². The Kier molecular flexibility index (Phi) is 5.64. The summed E-state index contributed by atoms with van der Waals surface area (Å²) < 4.78 is 29.6. The van der Waals surface area contributed by atoms with Gasteiger partial charge in [0.25, 0.3) is 5.76 Å². The van der Waals surface area contributed by atoms with Crippen LogP contribution in [0.15, 0.2) is 40.8 Å². The van der Waals surface area contributed by atoms with Crippen molar-refractivity contribution in [2.24, 2.45) is 0 Å². The zero-order valence-electron chi connectivity index (χ0n) is 11.2. The molecule has 1 heterocycles. The van der Waals surface area contributed by atoms with Gasteiger partial charge in [0, 0.05) is 5.69 Å². The van der Waals surface area contributed by atoms with Crippen LogP contribution >= 0.6 is 11.8 Å². The predicted octanol–water partition coefficient (Wildman–Crippen LogP) is 4.41. The van der Waals surface area contributed by atoms with E-state index in [1.165, 1.54) is 0 Å². The van der Waals surface area contributed by atoms with E-state index in [2.05, 4.69) is 11.4 Å². The van der Waals surface area contributed by atoms with E-state index < -0.39 is 5.76 Å². The van der Waals surface area contributed by atoms with Gasteiger partial charge in [0.15, 0.2) is 0 Å². The molecule has 0 aliphatic carbocycles. The van der Waals surface area contributed by atoms with E-state index in [1.807, 2.05) is 24.3 Å². The Balaban J connectivity index is 1.84. The molecule has 6 heteroatoms. The van der Waals surface area contributed by atoms with Crippen molar-refractivity contribution < 1.29 is 13.2 Å². The van der Waals surface area contributed by atoms with Crippen LogP contribution in [-0.2, 0) is 18.7 Å². The average molecular weight is 308 g/mol. The van der Waals surface area contributed by atoms with Gasteiger partial charge in [-0.15, -0.1) is 0 Å². The number of nitrogens with zero attached hydrogens (tertiary/aromatic N) is 1. The molecule has 0 unspecified atom stereocenters. The fourth-order valence-electron chi connectivity index (χ4n) is 1.76. The summed E-state index contributed by atoms with van der Waals surface area (Å²) in [5.41, 5.74) is 1.88. The van der Waals surface area contributed by atoms with E-state index in [-0.39, 0.29) is 5.75 Å². The molecule has 0 amide bonds. The van der Waals surface area contributed by atoms with Crippen molar-refractivity contribution >= 4 is 17.4 Å². The summed E-state index contributed by atoms with van der Waals surface area (Å²) in [6.07, 6.45) is 0.392. The number of nitriles is 1. The molecule has 2 rings (SSSR count). The van der Waals surface area contributed by atoms with E-state index >= 15 is 0 Å². The molecule has 1 aromatic heterocycles. The van der Waals surface area contributed by atoms with Gasteiger partial charge in [0.1, 0.15) is 11.5 Å². The number of anilines is 1. The number of rotatable bonds is 7. The third-order valence-electron chi connectivity index (χ3n) is 2.77. The van der Waals surface area contributed by atoms with Gasteiger partial charge in [-0.2, -0.15) is 14.0 Å². The van der Waals surface area contributed by atoms with Crippen molar-refractivity contribution in [2.45, 2.75) is 24.5 Å². The van der Waals surface area contributed by atoms with Crippen LogP contribution in [0, 0.1) is 11.3 Å². The van der Waals surface area contributed by atoms with Gasteiger partial charge in [0.05, 0.1) is 24.8 Å². The predicted molar refractivity (Wildman–Crippen MR) is 79.1 cm³/mol. The molecule has 21 heavy (non-hydrogen) atoms. The average Bonchev–Trinajstić information content (AvgIpc) is 2.93. The number of benzene rings is 1.